The molecule has 0 amide bonds. The molecule has 0 atom stereocenters. The maximum atomic E-state index is 6.16. The summed E-state index contributed by atoms with van der Waals surface area (Å²) < 4.78 is 8.14. The molecule has 0 aliphatic carbocycles. The van der Waals surface area contributed by atoms with Gasteiger partial charge in [-0.1, -0.05) is 55.3 Å². The van der Waals surface area contributed by atoms with Crippen LogP contribution in [0.25, 0.3) is 17.0 Å². The van der Waals surface area contributed by atoms with Crippen LogP contribution in [0, 0.1) is 6.92 Å². The molecule has 0 fully saturated rings. The van der Waals surface area contributed by atoms with E-state index in [4.69, 9.17) is 21.0 Å². The Hall–Kier alpha value is -3.04. The van der Waals surface area contributed by atoms with Crippen LogP contribution in [0.1, 0.15) is 30.9 Å². The van der Waals surface area contributed by atoms with Crippen LogP contribution in [0.4, 0.5) is 5.69 Å². The van der Waals surface area contributed by atoms with Crippen molar-refractivity contribution in [3.05, 3.63) is 101 Å². The number of nitrogens with zero attached hydrogens (tertiary/aromatic N) is 2. The number of aromatic nitrogens is 1. The number of halogens is 1. The second-order valence-corrected chi connectivity index (χ2v) is 7.88. The molecule has 0 aliphatic heterocycles. The maximum absolute atomic E-state index is 6.16. The van der Waals surface area contributed by atoms with E-state index in [1.165, 1.54) is 11.1 Å². The molecule has 1 aromatic heterocycles. The molecule has 146 valence electrons. The second-order valence-electron chi connectivity index (χ2n) is 7.45. The first-order valence-electron chi connectivity index (χ1n) is 9.70. The molecule has 0 aliphatic rings. The second kappa shape index (κ2) is 8.14. The van der Waals surface area contributed by atoms with Gasteiger partial charge in [0.1, 0.15) is 0 Å². The van der Waals surface area contributed by atoms with Gasteiger partial charge in [0.25, 0.3) is 0 Å². The molecule has 29 heavy (non-hydrogen) atoms. The van der Waals surface area contributed by atoms with Gasteiger partial charge in [-0.25, -0.2) is 0 Å². The van der Waals surface area contributed by atoms with Gasteiger partial charge in [-0.15, -0.1) is 0 Å². The summed E-state index contributed by atoms with van der Waals surface area (Å²) in [6.45, 7) is 6.44. The highest BCUT2D eigenvalue weighted by molar-refractivity contribution is 6.30. The van der Waals surface area contributed by atoms with Crippen LogP contribution in [-0.4, -0.2) is 4.57 Å². The molecule has 4 heteroatoms. The number of hydrogen-bond acceptors (Lipinski definition) is 2. The Morgan fingerprint density at radius 2 is 1.52 bits per heavy atom. The Labute approximate surface area is 175 Å². The van der Waals surface area contributed by atoms with Gasteiger partial charge < -0.3 is 4.42 Å². The van der Waals surface area contributed by atoms with Crippen LogP contribution in [0.2, 0.25) is 5.02 Å². The van der Waals surface area contributed by atoms with Crippen LogP contribution in [0.5, 0.6) is 0 Å². The average molecular weight is 403 g/mol. The topological polar surface area (TPSA) is 30.4 Å². The highest BCUT2D eigenvalue weighted by Crippen LogP contribution is 2.23. The predicted molar refractivity (Wildman–Crippen MR) is 119 cm³/mol. The lowest BCUT2D eigenvalue weighted by Crippen LogP contribution is -2.13. The van der Waals surface area contributed by atoms with E-state index in [1.54, 1.807) is 0 Å². The van der Waals surface area contributed by atoms with E-state index < -0.39 is 0 Å². The SMILES string of the molecule is Cc1ccc(N=c2oc(-c3ccc(Cl)cc3)cn2-c2ccc(C(C)C)cc2)cc1. The average Bonchev–Trinajstić information content (AvgIpc) is 3.14. The third kappa shape index (κ3) is 4.36. The van der Waals surface area contributed by atoms with E-state index in [0.29, 0.717) is 16.6 Å². The molecule has 0 saturated carbocycles. The molecule has 0 bridgehead atoms. The van der Waals surface area contributed by atoms with E-state index in [0.717, 1.165) is 22.7 Å². The molecule has 4 aromatic rings. The van der Waals surface area contributed by atoms with Crippen LogP contribution >= 0.6 is 11.6 Å². The number of aryl methyl sites for hydroxylation is 1. The zero-order valence-corrected chi connectivity index (χ0v) is 17.5. The van der Waals surface area contributed by atoms with E-state index in [1.807, 2.05) is 59.3 Å². The lowest BCUT2D eigenvalue weighted by molar-refractivity contribution is 0.499. The summed E-state index contributed by atoms with van der Waals surface area (Å²) in [6.07, 6.45) is 1.97. The fourth-order valence-electron chi connectivity index (χ4n) is 3.11. The van der Waals surface area contributed by atoms with Gasteiger partial charge >= 0.3 is 5.68 Å². The van der Waals surface area contributed by atoms with Crippen molar-refractivity contribution >= 4 is 17.3 Å². The molecule has 0 radical (unpaired) electrons. The first-order valence-corrected chi connectivity index (χ1v) is 10.1. The molecule has 3 nitrogen and oxygen atoms in total. The standard InChI is InChI=1S/C25H23ClN2O/c1-17(2)19-8-14-23(15-9-19)28-16-24(20-6-10-21(26)11-7-20)29-25(28)27-22-12-4-18(3)5-13-22/h4-17H,1-3H3. The minimum Gasteiger partial charge on any atom is -0.423 e. The number of oxazole rings is 1. The quantitative estimate of drug-likeness (QED) is 0.359. The number of rotatable bonds is 4. The smallest absolute Gasteiger partial charge is 0.307 e. The first kappa shape index (κ1) is 19.3. The summed E-state index contributed by atoms with van der Waals surface area (Å²) in [5.41, 5.74) is 5.82. The maximum Gasteiger partial charge on any atom is 0.307 e. The molecule has 0 spiro atoms. The van der Waals surface area contributed by atoms with Crippen molar-refractivity contribution in [3.63, 3.8) is 0 Å². The lowest BCUT2D eigenvalue weighted by atomic mass is 10.0. The van der Waals surface area contributed by atoms with Crippen LogP contribution < -0.4 is 5.68 Å². The highest BCUT2D eigenvalue weighted by Gasteiger charge is 2.10. The minimum absolute atomic E-state index is 0.486. The van der Waals surface area contributed by atoms with Crippen LogP contribution in [-0.2, 0) is 0 Å². The summed E-state index contributed by atoms with van der Waals surface area (Å²) in [5, 5.41) is 0.696. The number of hydrogen-bond donors (Lipinski definition) is 0. The highest BCUT2D eigenvalue weighted by atomic mass is 35.5. The summed E-state index contributed by atoms with van der Waals surface area (Å²) in [4.78, 5) is 4.75. The van der Waals surface area contributed by atoms with Crippen molar-refractivity contribution in [3.8, 4) is 17.0 Å². The van der Waals surface area contributed by atoms with E-state index in [2.05, 4.69) is 45.0 Å². The van der Waals surface area contributed by atoms with Gasteiger partial charge in [-0.2, -0.15) is 4.99 Å². The summed E-state index contributed by atoms with van der Waals surface area (Å²) in [5.74, 6) is 1.22. The Bertz CT molecular complexity index is 1170. The van der Waals surface area contributed by atoms with Gasteiger partial charge in [0.2, 0.25) is 0 Å². The van der Waals surface area contributed by atoms with Gasteiger partial charge in [0, 0.05) is 10.6 Å². The zero-order valence-electron chi connectivity index (χ0n) is 16.8. The Kier molecular flexibility index (Phi) is 5.41. The van der Waals surface area contributed by atoms with Crippen molar-refractivity contribution in [2.75, 3.05) is 0 Å². The third-order valence-electron chi connectivity index (χ3n) is 4.88. The van der Waals surface area contributed by atoms with E-state index >= 15 is 0 Å². The van der Waals surface area contributed by atoms with E-state index in [9.17, 15) is 0 Å². The third-order valence-corrected chi connectivity index (χ3v) is 5.13. The Morgan fingerprint density at radius 3 is 2.14 bits per heavy atom. The normalized spacial score (nSPS) is 12.0. The molecule has 0 N–H and O–H groups in total. The molecular weight excluding hydrogens is 380 g/mol. The number of benzene rings is 3. The zero-order chi connectivity index (χ0) is 20.4. The monoisotopic (exact) mass is 402 g/mol. The van der Waals surface area contributed by atoms with Crippen molar-refractivity contribution < 1.29 is 4.42 Å². The Morgan fingerprint density at radius 1 is 0.862 bits per heavy atom. The van der Waals surface area contributed by atoms with Crippen molar-refractivity contribution in [2.24, 2.45) is 4.99 Å². The van der Waals surface area contributed by atoms with Gasteiger partial charge in [-0.05, 0) is 66.9 Å². The summed E-state index contributed by atoms with van der Waals surface area (Å²) >= 11 is 6.04. The van der Waals surface area contributed by atoms with Crippen molar-refractivity contribution in [1.29, 1.82) is 0 Å². The minimum atomic E-state index is 0.486. The largest absolute Gasteiger partial charge is 0.423 e. The Balaban J connectivity index is 1.85. The fourth-order valence-corrected chi connectivity index (χ4v) is 3.23. The molecule has 0 unspecified atom stereocenters. The molecule has 3 aromatic carbocycles. The molecule has 0 saturated heterocycles. The van der Waals surface area contributed by atoms with E-state index in [-0.39, 0.29) is 0 Å². The predicted octanol–water partition coefficient (Wildman–Crippen LogP) is 7.05. The van der Waals surface area contributed by atoms with Crippen LogP contribution in [0.15, 0.2) is 88.4 Å². The van der Waals surface area contributed by atoms with Crippen molar-refractivity contribution in [1.82, 2.24) is 4.57 Å². The molecule has 4 rings (SSSR count). The van der Waals surface area contributed by atoms with Gasteiger partial charge in [0.05, 0.1) is 17.6 Å². The first-order chi connectivity index (χ1) is 14.0. The lowest BCUT2D eigenvalue weighted by Gasteiger charge is -2.07. The summed E-state index contributed by atoms with van der Waals surface area (Å²) in [6, 6.07) is 24.2. The van der Waals surface area contributed by atoms with Crippen molar-refractivity contribution in [2.45, 2.75) is 26.7 Å². The fraction of sp³-hybridized carbons (Fsp3) is 0.160. The molecule has 1 heterocycles. The van der Waals surface area contributed by atoms with Gasteiger partial charge in [-0.3, -0.25) is 4.57 Å². The van der Waals surface area contributed by atoms with Crippen LogP contribution in [0.3, 0.4) is 0 Å². The summed E-state index contributed by atoms with van der Waals surface area (Å²) in [7, 11) is 0. The molecular formula is C25H23ClN2O. The van der Waals surface area contributed by atoms with Gasteiger partial charge in [0.15, 0.2) is 5.76 Å².